The second-order valence-corrected chi connectivity index (χ2v) is 10.7. The van der Waals surface area contributed by atoms with Crippen LogP contribution in [0.15, 0.2) is 60.7 Å². The van der Waals surface area contributed by atoms with Crippen LogP contribution in [0.5, 0.6) is 17.2 Å². The van der Waals surface area contributed by atoms with E-state index in [1.54, 1.807) is 42.5 Å². The third-order valence-corrected chi connectivity index (χ3v) is 7.18. The summed E-state index contributed by atoms with van der Waals surface area (Å²) in [7, 11) is 4.39. The summed E-state index contributed by atoms with van der Waals surface area (Å²) in [5.41, 5.74) is 2.88. The number of nitrogens with one attached hydrogen (secondary N) is 4. The molecule has 3 aromatic rings. The minimum atomic E-state index is -1.10. The summed E-state index contributed by atoms with van der Waals surface area (Å²) >= 11 is 0. The Kier molecular flexibility index (Phi) is 12.2. The Hall–Kier alpha value is -5.26. The molecule has 0 bridgehead atoms. The number of methoxy groups -OCH3 is 3. The molecule has 2 unspecified atom stereocenters. The van der Waals surface area contributed by atoms with Crippen LogP contribution in [0.25, 0.3) is 0 Å². The first-order valence-electron chi connectivity index (χ1n) is 14.3. The maximum atomic E-state index is 13.4. The molecular weight excluding hydrogens is 580 g/mol. The lowest BCUT2D eigenvalue weighted by Crippen LogP contribution is -2.38. The highest BCUT2D eigenvalue weighted by atomic mass is 16.5. The number of amides is 4. The number of carboxylic acid groups (broad SMARTS) is 1. The maximum absolute atomic E-state index is 13.4. The number of carbonyl (C=O) groups is 4. The van der Waals surface area contributed by atoms with Gasteiger partial charge in [0, 0.05) is 29.8 Å². The normalized spacial score (nSPS) is 12.0. The molecule has 12 heteroatoms. The van der Waals surface area contributed by atoms with Crippen molar-refractivity contribution in [3.63, 3.8) is 0 Å². The Morgan fingerprint density at radius 3 is 2.04 bits per heavy atom. The summed E-state index contributed by atoms with van der Waals surface area (Å²) in [5, 5.41) is 20.6. The molecule has 2 atom stereocenters. The number of aryl methyl sites for hydroxylation is 1. The van der Waals surface area contributed by atoms with Gasteiger partial charge < -0.3 is 40.6 Å². The van der Waals surface area contributed by atoms with E-state index < -0.39 is 35.8 Å². The summed E-state index contributed by atoms with van der Waals surface area (Å²) in [6.07, 6.45) is -0.530. The molecule has 0 saturated carbocycles. The number of benzene rings is 3. The zero-order valence-electron chi connectivity index (χ0n) is 26.2. The summed E-state index contributed by atoms with van der Waals surface area (Å²) < 4.78 is 16.0. The van der Waals surface area contributed by atoms with Crippen LogP contribution in [0.4, 0.5) is 21.9 Å². The maximum Gasteiger partial charge on any atom is 0.323 e. The van der Waals surface area contributed by atoms with E-state index in [0.717, 1.165) is 5.56 Å². The molecule has 12 nitrogen and oxygen atoms in total. The van der Waals surface area contributed by atoms with Gasteiger partial charge in [0.15, 0.2) is 11.5 Å². The Balaban J connectivity index is 1.69. The quantitative estimate of drug-likeness (QED) is 0.155. The van der Waals surface area contributed by atoms with Gasteiger partial charge in [0.25, 0.3) is 0 Å². The largest absolute Gasteiger partial charge is 0.494 e. The number of para-hydroxylation sites is 1. The fourth-order valence-electron chi connectivity index (χ4n) is 4.68. The highest BCUT2D eigenvalue weighted by Crippen LogP contribution is 2.32. The molecule has 0 radical (unpaired) electrons. The lowest BCUT2D eigenvalue weighted by Gasteiger charge is -2.25. The van der Waals surface area contributed by atoms with Gasteiger partial charge in [0.2, 0.25) is 11.8 Å². The number of ether oxygens (including phenoxy) is 3. The van der Waals surface area contributed by atoms with E-state index in [1.807, 2.05) is 39.0 Å². The number of rotatable bonds is 14. The van der Waals surface area contributed by atoms with Gasteiger partial charge in [-0.3, -0.25) is 14.4 Å². The Labute approximate surface area is 262 Å². The molecule has 0 spiro atoms. The second-order valence-electron chi connectivity index (χ2n) is 10.7. The van der Waals surface area contributed by atoms with Crippen molar-refractivity contribution >= 4 is 40.9 Å². The van der Waals surface area contributed by atoms with Crippen LogP contribution in [0, 0.1) is 18.8 Å². The molecule has 45 heavy (non-hydrogen) atoms. The van der Waals surface area contributed by atoms with Gasteiger partial charge in [0.05, 0.1) is 39.5 Å². The topological polar surface area (TPSA) is 164 Å². The smallest absolute Gasteiger partial charge is 0.323 e. The van der Waals surface area contributed by atoms with Gasteiger partial charge in [-0.1, -0.05) is 38.1 Å². The molecule has 0 saturated heterocycles. The SMILES string of the molecule is COc1cc(NC(=O)CC(C(=O)NC(CC(=O)O)c2ccc(OC)c(OC)c2)C(C)C)ccc1NC(=O)Nc1ccccc1C. The second kappa shape index (κ2) is 16.0. The lowest BCUT2D eigenvalue weighted by molar-refractivity contribution is -0.138. The summed E-state index contributed by atoms with van der Waals surface area (Å²) in [5.74, 6) is -1.81. The number of hydrogen-bond acceptors (Lipinski definition) is 7. The average Bonchev–Trinajstić information content (AvgIpc) is 3.00. The monoisotopic (exact) mass is 620 g/mol. The van der Waals surface area contributed by atoms with Crippen molar-refractivity contribution in [3.8, 4) is 17.2 Å². The number of urea groups is 1. The molecule has 0 aliphatic rings. The van der Waals surface area contributed by atoms with Crippen molar-refractivity contribution in [3.05, 3.63) is 71.8 Å². The van der Waals surface area contributed by atoms with Crippen molar-refractivity contribution < 1.29 is 38.5 Å². The van der Waals surface area contributed by atoms with Gasteiger partial charge >= 0.3 is 12.0 Å². The fourth-order valence-corrected chi connectivity index (χ4v) is 4.68. The molecule has 3 aromatic carbocycles. The number of carbonyl (C=O) groups excluding carboxylic acids is 3. The third kappa shape index (κ3) is 9.62. The lowest BCUT2D eigenvalue weighted by atomic mass is 9.90. The van der Waals surface area contributed by atoms with E-state index in [9.17, 15) is 24.3 Å². The van der Waals surface area contributed by atoms with Crippen LogP contribution in [0.3, 0.4) is 0 Å². The highest BCUT2D eigenvalue weighted by molar-refractivity contribution is 6.01. The first-order valence-corrected chi connectivity index (χ1v) is 14.3. The molecule has 0 aromatic heterocycles. The molecular formula is C33H40N4O8. The zero-order valence-corrected chi connectivity index (χ0v) is 26.2. The van der Waals surface area contributed by atoms with E-state index in [0.29, 0.717) is 39.9 Å². The van der Waals surface area contributed by atoms with Crippen molar-refractivity contribution in [1.29, 1.82) is 0 Å². The summed E-state index contributed by atoms with van der Waals surface area (Å²) in [4.78, 5) is 50.7. The van der Waals surface area contributed by atoms with Gasteiger partial charge in [0.1, 0.15) is 5.75 Å². The van der Waals surface area contributed by atoms with Crippen LogP contribution in [-0.2, 0) is 14.4 Å². The van der Waals surface area contributed by atoms with Crippen molar-refractivity contribution in [2.45, 2.75) is 39.7 Å². The van der Waals surface area contributed by atoms with Crippen molar-refractivity contribution in [1.82, 2.24) is 5.32 Å². The third-order valence-electron chi connectivity index (χ3n) is 7.18. The molecule has 4 amide bonds. The number of anilines is 3. The standard InChI is InChI=1S/C33H40N4O8/c1-19(2)23(32(41)35-26(18-31(39)40)21-11-14-27(43-4)29(15-21)45-6)17-30(38)34-22-12-13-25(28(16-22)44-5)37-33(42)36-24-10-8-7-9-20(24)3/h7-16,19,23,26H,17-18H2,1-6H3,(H,34,38)(H,35,41)(H,39,40)(H2,36,37,42). The van der Waals surface area contributed by atoms with Crippen molar-refractivity contribution in [2.75, 3.05) is 37.3 Å². The first-order chi connectivity index (χ1) is 21.4. The van der Waals surface area contributed by atoms with E-state index in [4.69, 9.17) is 14.2 Å². The first kappa shape index (κ1) is 34.2. The Morgan fingerprint density at radius 1 is 0.756 bits per heavy atom. The Morgan fingerprint density at radius 2 is 1.42 bits per heavy atom. The number of hydrogen-bond donors (Lipinski definition) is 5. The van der Waals surface area contributed by atoms with E-state index in [2.05, 4.69) is 21.3 Å². The van der Waals surface area contributed by atoms with Gasteiger partial charge in [-0.2, -0.15) is 0 Å². The highest BCUT2D eigenvalue weighted by Gasteiger charge is 2.29. The van der Waals surface area contributed by atoms with Crippen LogP contribution in [0.1, 0.15) is 43.9 Å². The molecule has 0 heterocycles. The van der Waals surface area contributed by atoms with E-state index >= 15 is 0 Å². The molecule has 0 fully saturated rings. The van der Waals surface area contributed by atoms with Crippen LogP contribution in [-0.4, -0.2) is 50.3 Å². The van der Waals surface area contributed by atoms with Crippen LogP contribution >= 0.6 is 0 Å². The molecule has 240 valence electrons. The van der Waals surface area contributed by atoms with E-state index in [-0.39, 0.29) is 18.8 Å². The molecule has 3 rings (SSSR count). The van der Waals surface area contributed by atoms with Crippen molar-refractivity contribution in [2.24, 2.45) is 11.8 Å². The summed E-state index contributed by atoms with van der Waals surface area (Å²) in [6, 6.07) is 15.7. The average molecular weight is 621 g/mol. The van der Waals surface area contributed by atoms with Crippen LogP contribution < -0.4 is 35.5 Å². The number of carboxylic acids is 1. The number of aliphatic carboxylic acids is 1. The summed E-state index contributed by atoms with van der Waals surface area (Å²) in [6.45, 7) is 5.51. The zero-order chi connectivity index (χ0) is 33.1. The van der Waals surface area contributed by atoms with E-state index in [1.165, 1.54) is 21.3 Å². The predicted octanol–water partition coefficient (Wildman–Crippen LogP) is 5.60. The van der Waals surface area contributed by atoms with Gasteiger partial charge in [-0.05, 0) is 54.3 Å². The molecule has 0 aliphatic heterocycles. The van der Waals surface area contributed by atoms with Crippen LogP contribution in [0.2, 0.25) is 0 Å². The fraction of sp³-hybridized carbons (Fsp3) is 0.333. The van der Waals surface area contributed by atoms with Gasteiger partial charge in [-0.15, -0.1) is 0 Å². The minimum Gasteiger partial charge on any atom is -0.494 e. The Bertz CT molecular complexity index is 1520. The predicted molar refractivity (Wildman–Crippen MR) is 171 cm³/mol. The minimum absolute atomic E-state index is 0.156. The molecule has 0 aliphatic carbocycles. The van der Waals surface area contributed by atoms with Gasteiger partial charge in [-0.25, -0.2) is 4.79 Å². The molecule has 5 N–H and O–H groups in total.